The summed E-state index contributed by atoms with van der Waals surface area (Å²) in [6, 6.07) is 0.771. The molecule has 0 aromatic rings. The lowest BCUT2D eigenvalue weighted by Gasteiger charge is -2.40. The Kier molecular flexibility index (Phi) is 3.45. The van der Waals surface area contributed by atoms with Gasteiger partial charge in [0.05, 0.1) is 0 Å². The molecule has 1 spiro atoms. The molecule has 2 heteroatoms. The van der Waals surface area contributed by atoms with E-state index in [2.05, 4.69) is 17.3 Å². The number of likely N-dealkylation sites (tertiary alicyclic amines) is 1. The summed E-state index contributed by atoms with van der Waals surface area (Å²) in [6.07, 6.45) is 11.9. The summed E-state index contributed by atoms with van der Waals surface area (Å²) in [6.45, 7) is 4.03. The third-order valence-electron chi connectivity index (χ3n) is 5.60. The van der Waals surface area contributed by atoms with E-state index in [9.17, 15) is 0 Å². The van der Waals surface area contributed by atoms with Gasteiger partial charge in [0.2, 0.25) is 0 Å². The molecule has 0 radical (unpaired) electrons. The number of hydrogen-bond acceptors (Lipinski definition) is 2. The average Bonchev–Trinajstić information content (AvgIpc) is 3.11. The van der Waals surface area contributed by atoms with E-state index in [1.54, 1.807) is 0 Å². The highest BCUT2D eigenvalue weighted by molar-refractivity contribution is 4.92. The largest absolute Gasteiger partial charge is 0.315 e. The summed E-state index contributed by atoms with van der Waals surface area (Å²) < 4.78 is 0. The summed E-state index contributed by atoms with van der Waals surface area (Å²) in [5, 5.41) is 3.53. The Bertz CT molecular complexity index is 244. The Balaban J connectivity index is 1.47. The molecule has 0 aromatic carbocycles. The monoisotopic (exact) mass is 236 g/mol. The van der Waals surface area contributed by atoms with Gasteiger partial charge in [-0.3, -0.25) is 0 Å². The number of likely N-dealkylation sites (N-methyl/N-ethyl adjacent to an activating group) is 1. The number of nitrogens with zero attached hydrogens (tertiary/aromatic N) is 1. The van der Waals surface area contributed by atoms with Crippen molar-refractivity contribution < 1.29 is 0 Å². The van der Waals surface area contributed by atoms with Gasteiger partial charge in [0.25, 0.3) is 0 Å². The van der Waals surface area contributed by atoms with Crippen molar-refractivity contribution in [3.63, 3.8) is 0 Å². The molecule has 3 rings (SSSR count). The molecule has 2 aliphatic carbocycles. The molecule has 98 valence electrons. The fourth-order valence-corrected chi connectivity index (χ4v) is 4.09. The Labute approximate surface area is 106 Å². The van der Waals surface area contributed by atoms with Crippen LogP contribution in [0.5, 0.6) is 0 Å². The fourth-order valence-electron chi connectivity index (χ4n) is 4.09. The van der Waals surface area contributed by atoms with Crippen molar-refractivity contribution in [1.29, 1.82) is 0 Å². The van der Waals surface area contributed by atoms with Gasteiger partial charge in [-0.1, -0.05) is 12.8 Å². The quantitative estimate of drug-likeness (QED) is 0.807. The lowest BCUT2D eigenvalue weighted by molar-refractivity contribution is 0.0989. The van der Waals surface area contributed by atoms with Gasteiger partial charge >= 0.3 is 0 Å². The van der Waals surface area contributed by atoms with Gasteiger partial charge in [0, 0.05) is 12.6 Å². The molecule has 1 unspecified atom stereocenters. The molecule has 1 N–H and O–H groups in total. The first-order valence-corrected chi connectivity index (χ1v) is 7.71. The van der Waals surface area contributed by atoms with E-state index in [1.807, 2.05) is 0 Å². The maximum atomic E-state index is 3.53. The minimum atomic E-state index is 0.771. The zero-order valence-electron chi connectivity index (χ0n) is 11.4. The second-order valence-electron chi connectivity index (χ2n) is 6.74. The third kappa shape index (κ3) is 2.68. The average molecular weight is 236 g/mol. The van der Waals surface area contributed by atoms with E-state index in [4.69, 9.17) is 0 Å². The van der Waals surface area contributed by atoms with Crippen LogP contribution < -0.4 is 5.32 Å². The van der Waals surface area contributed by atoms with E-state index in [1.165, 1.54) is 71.0 Å². The van der Waals surface area contributed by atoms with Gasteiger partial charge in [-0.05, 0) is 70.0 Å². The van der Waals surface area contributed by atoms with Crippen LogP contribution in [0.2, 0.25) is 0 Å². The lowest BCUT2D eigenvalue weighted by atomic mass is 9.77. The minimum Gasteiger partial charge on any atom is -0.315 e. The Morgan fingerprint density at radius 1 is 1.12 bits per heavy atom. The maximum absolute atomic E-state index is 3.53. The summed E-state index contributed by atoms with van der Waals surface area (Å²) in [4.78, 5) is 2.73. The highest BCUT2D eigenvalue weighted by atomic mass is 15.2. The van der Waals surface area contributed by atoms with Crippen molar-refractivity contribution in [2.75, 3.05) is 26.7 Å². The number of hydrogen-bond donors (Lipinski definition) is 1. The highest BCUT2D eigenvalue weighted by Gasteiger charge is 2.38. The summed E-state index contributed by atoms with van der Waals surface area (Å²) in [5.41, 5.74) is 0.783. The topological polar surface area (TPSA) is 15.3 Å². The first-order valence-electron chi connectivity index (χ1n) is 7.71. The molecule has 1 aliphatic heterocycles. The van der Waals surface area contributed by atoms with Crippen LogP contribution in [0, 0.1) is 11.3 Å². The van der Waals surface area contributed by atoms with Crippen molar-refractivity contribution in [2.24, 2.45) is 11.3 Å². The van der Waals surface area contributed by atoms with Gasteiger partial charge in [0.1, 0.15) is 0 Å². The molecule has 0 aromatic heterocycles. The van der Waals surface area contributed by atoms with Gasteiger partial charge in [-0.15, -0.1) is 0 Å². The van der Waals surface area contributed by atoms with Crippen molar-refractivity contribution in [3.8, 4) is 0 Å². The molecule has 1 saturated heterocycles. The molecular formula is C15H28N2. The first-order chi connectivity index (χ1) is 8.31. The molecule has 3 aliphatic rings. The van der Waals surface area contributed by atoms with Gasteiger partial charge in [-0.2, -0.15) is 0 Å². The normalized spacial score (nSPS) is 30.9. The van der Waals surface area contributed by atoms with Crippen LogP contribution in [0.4, 0.5) is 0 Å². The van der Waals surface area contributed by atoms with E-state index >= 15 is 0 Å². The van der Waals surface area contributed by atoms with E-state index in [-0.39, 0.29) is 0 Å². The summed E-state index contributed by atoms with van der Waals surface area (Å²) >= 11 is 0. The second-order valence-corrected chi connectivity index (χ2v) is 6.74. The molecule has 1 atom stereocenters. The SMILES string of the molecule is CNC(CN1CCC2(CCCC2)CC1)C1CC1. The van der Waals surface area contributed by atoms with E-state index in [0.717, 1.165) is 17.4 Å². The molecule has 0 bridgehead atoms. The molecule has 17 heavy (non-hydrogen) atoms. The predicted octanol–water partition coefficient (Wildman–Crippen LogP) is 2.64. The Hall–Kier alpha value is -0.0800. The van der Waals surface area contributed by atoms with E-state index in [0.29, 0.717) is 0 Å². The van der Waals surface area contributed by atoms with Crippen LogP contribution >= 0.6 is 0 Å². The van der Waals surface area contributed by atoms with Crippen molar-refractivity contribution >= 4 is 0 Å². The standard InChI is InChI=1S/C15H28N2/c1-16-14(13-4-5-13)12-17-10-8-15(9-11-17)6-2-3-7-15/h13-14,16H,2-12H2,1H3. The van der Waals surface area contributed by atoms with Crippen LogP contribution in [-0.2, 0) is 0 Å². The molecule has 3 fully saturated rings. The highest BCUT2D eigenvalue weighted by Crippen LogP contribution is 2.46. The van der Waals surface area contributed by atoms with Crippen molar-refractivity contribution in [3.05, 3.63) is 0 Å². The van der Waals surface area contributed by atoms with E-state index < -0.39 is 0 Å². The first kappa shape index (κ1) is 12.0. The smallest absolute Gasteiger partial charge is 0.0220 e. The van der Waals surface area contributed by atoms with Gasteiger partial charge in [-0.25, -0.2) is 0 Å². The van der Waals surface area contributed by atoms with Crippen LogP contribution in [0.15, 0.2) is 0 Å². The summed E-state index contributed by atoms with van der Waals surface area (Å²) in [5.74, 6) is 0.988. The molecular weight excluding hydrogens is 208 g/mol. The number of rotatable bonds is 4. The van der Waals surface area contributed by atoms with Gasteiger partial charge < -0.3 is 10.2 Å². The van der Waals surface area contributed by atoms with Crippen LogP contribution in [0.25, 0.3) is 0 Å². The van der Waals surface area contributed by atoms with Gasteiger partial charge in [0.15, 0.2) is 0 Å². The van der Waals surface area contributed by atoms with Crippen LogP contribution in [0.1, 0.15) is 51.4 Å². The minimum absolute atomic E-state index is 0.771. The number of piperidine rings is 1. The molecule has 1 heterocycles. The lowest BCUT2D eigenvalue weighted by Crippen LogP contribution is -2.46. The summed E-state index contributed by atoms with van der Waals surface area (Å²) in [7, 11) is 2.14. The number of nitrogens with one attached hydrogen (secondary N) is 1. The zero-order valence-corrected chi connectivity index (χ0v) is 11.4. The zero-order chi connectivity index (χ0) is 11.7. The van der Waals surface area contributed by atoms with Crippen molar-refractivity contribution in [1.82, 2.24) is 10.2 Å². The predicted molar refractivity (Wildman–Crippen MR) is 72.1 cm³/mol. The molecule has 2 nitrogen and oxygen atoms in total. The third-order valence-corrected chi connectivity index (χ3v) is 5.60. The maximum Gasteiger partial charge on any atom is 0.0220 e. The van der Waals surface area contributed by atoms with Crippen LogP contribution in [0.3, 0.4) is 0 Å². The Morgan fingerprint density at radius 3 is 2.29 bits per heavy atom. The van der Waals surface area contributed by atoms with Crippen LogP contribution in [-0.4, -0.2) is 37.6 Å². The molecule has 0 amide bonds. The Morgan fingerprint density at radius 2 is 1.76 bits per heavy atom. The molecule has 2 saturated carbocycles. The fraction of sp³-hybridized carbons (Fsp3) is 1.00. The van der Waals surface area contributed by atoms with Crippen molar-refractivity contribution in [2.45, 2.75) is 57.4 Å². The second kappa shape index (κ2) is 4.89.